The summed E-state index contributed by atoms with van der Waals surface area (Å²) in [6, 6.07) is 0. The van der Waals surface area contributed by atoms with Crippen LogP contribution in [0.3, 0.4) is 0 Å². The molecular formula is C13H24O2. The number of hydrogen-bond donors (Lipinski definition) is 1. The van der Waals surface area contributed by atoms with Gasteiger partial charge in [-0.05, 0) is 12.3 Å². The highest BCUT2D eigenvalue weighted by Crippen LogP contribution is 2.34. The third-order valence-corrected chi connectivity index (χ3v) is 3.20. The van der Waals surface area contributed by atoms with Gasteiger partial charge in [0, 0.05) is 6.42 Å². The first-order valence-electron chi connectivity index (χ1n) is 6.51. The lowest BCUT2D eigenvalue weighted by Crippen LogP contribution is -1.93. The van der Waals surface area contributed by atoms with E-state index in [-0.39, 0.29) is 0 Å². The van der Waals surface area contributed by atoms with Gasteiger partial charge in [0.25, 0.3) is 0 Å². The van der Waals surface area contributed by atoms with Crippen molar-refractivity contribution >= 4 is 5.97 Å². The van der Waals surface area contributed by atoms with Crippen LogP contribution in [-0.4, -0.2) is 11.1 Å². The first kappa shape index (κ1) is 12.5. The molecule has 1 N–H and O–H groups in total. The minimum atomic E-state index is -0.653. The number of hydrogen-bond acceptors (Lipinski definition) is 1. The first-order chi connectivity index (χ1) is 7.29. The van der Waals surface area contributed by atoms with E-state index in [2.05, 4.69) is 0 Å². The topological polar surface area (TPSA) is 37.3 Å². The van der Waals surface area contributed by atoms with E-state index in [1.165, 1.54) is 51.4 Å². The molecule has 0 unspecified atom stereocenters. The Morgan fingerprint density at radius 2 is 1.47 bits per heavy atom. The summed E-state index contributed by atoms with van der Waals surface area (Å²) in [5.74, 6) is 0.431. The molecule has 0 saturated heterocycles. The smallest absolute Gasteiger partial charge is 0.303 e. The Balaban J connectivity index is 1.67. The fraction of sp³-hybridized carbons (Fsp3) is 0.923. The Labute approximate surface area is 93.1 Å². The molecule has 0 bridgehead atoms. The van der Waals surface area contributed by atoms with Crippen LogP contribution in [0.2, 0.25) is 0 Å². The molecule has 0 spiro atoms. The predicted molar refractivity (Wildman–Crippen MR) is 61.9 cm³/mol. The Hall–Kier alpha value is -0.530. The second-order valence-corrected chi connectivity index (χ2v) is 4.85. The summed E-state index contributed by atoms with van der Waals surface area (Å²) in [5.41, 5.74) is 0. The second-order valence-electron chi connectivity index (χ2n) is 4.85. The van der Waals surface area contributed by atoms with Crippen LogP contribution in [-0.2, 0) is 4.79 Å². The van der Waals surface area contributed by atoms with Crippen molar-refractivity contribution in [1.82, 2.24) is 0 Å². The summed E-state index contributed by atoms with van der Waals surface area (Å²) in [5, 5.41) is 8.44. The van der Waals surface area contributed by atoms with Crippen molar-refractivity contribution in [2.24, 2.45) is 5.92 Å². The zero-order valence-electron chi connectivity index (χ0n) is 9.71. The molecule has 1 aliphatic rings. The van der Waals surface area contributed by atoms with Crippen LogP contribution in [0, 0.1) is 5.92 Å². The second kappa shape index (κ2) is 7.72. The standard InChI is InChI=1S/C13H24O2/c14-13(15)9-7-5-3-1-2-4-6-8-12-10-11-12/h12H,1-11H2,(H,14,15). The molecule has 2 nitrogen and oxygen atoms in total. The van der Waals surface area contributed by atoms with E-state index in [1.54, 1.807) is 0 Å². The molecule has 88 valence electrons. The van der Waals surface area contributed by atoms with Gasteiger partial charge in [0.1, 0.15) is 0 Å². The molecule has 0 atom stereocenters. The summed E-state index contributed by atoms with van der Waals surface area (Å²) in [4.78, 5) is 10.2. The van der Waals surface area contributed by atoms with Gasteiger partial charge >= 0.3 is 5.97 Å². The van der Waals surface area contributed by atoms with Crippen LogP contribution in [0.15, 0.2) is 0 Å². The third kappa shape index (κ3) is 8.46. The van der Waals surface area contributed by atoms with E-state index in [4.69, 9.17) is 5.11 Å². The lowest BCUT2D eigenvalue weighted by Gasteiger charge is -2.00. The highest BCUT2D eigenvalue weighted by molar-refractivity contribution is 5.66. The molecule has 0 aromatic rings. The van der Waals surface area contributed by atoms with E-state index >= 15 is 0 Å². The Morgan fingerprint density at radius 1 is 0.933 bits per heavy atom. The molecule has 15 heavy (non-hydrogen) atoms. The fourth-order valence-corrected chi connectivity index (χ4v) is 2.00. The lowest BCUT2D eigenvalue weighted by atomic mass is 10.1. The maximum Gasteiger partial charge on any atom is 0.303 e. The van der Waals surface area contributed by atoms with Gasteiger partial charge in [-0.25, -0.2) is 0 Å². The van der Waals surface area contributed by atoms with Crippen molar-refractivity contribution in [2.45, 2.75) is 70.6 Å². The van der Waals surface area contributed by atoms with Gasteiger partial charge in [0.15, 0.2) is 0 Å². The normalized spacial score (nSPS) is 15.5. The number of carbonyl (C=O) groups is 1. The largest absolute Gasteiger partial charge is 0.481 e. The number of carboxylic acids is 1. The van der Waals surface area contributed by atoms with E-state index in [9.17, 15) is 4.79 Å². The highest BCUT2D eigenvalue weighted by Gasteiger charge is 2.19. The van der Waals surface area contributed by atoms with Crippen LogP contribution in [0.5, 0.6) is 0 Å². The van der Waals surface area contributed by atoms with E-state index in [1.807, 2.05) is 0 Å². The van der Waals surface area contributed by atoms with Crippen molar-refractivity contribution in [2.75, 3.05) is 0 Å². The van der Waals surface area contributed by atoms with Crippen LogP contribution < -0.4 is 0 Å². The minimum absolute atomic E-state index is 0.349. The van der Waals surface area contributed by atoms with Gasteiger partial charge in [-0.3, -0.25) is 4.79 Å². The molecule has 1 saturated carbocycles. The van der Waals surface area contributed by atoms with Gasteiger partial charge in [0.05, 0.1) is 0 Å². The predicted octanol–water partition coefficient (Wildman–Crippen LogP) is 3.99. The summed E-state index contributed by atoms with van der Waals surface area (Å²) in [6.07, 6.45) is 13.4. The zero-order chi connectivity index (χ0) is 10.9. The molecule has 0 amide bonds. The van der Waals surface area contributed by atoms with Crippen molar-refractivity contribution in [3.8, 4) is 0 Å². The average Bonchev–Trinajstić information content (AvgIpc) is 2.98. The number of carboxylic acid groups (broad SMARTS) is 1. The van der Waals surface area contributed by atoms with E-state index < -0.39 is 5.97 Å². The molecule has 1 fully saturated rings. The van der Waals surface area contributed by atoms with Crippen molar-refractivity contribution in [3.63, 3.8) is 0 Å². The van der Waals surface area contributed by atoms with Gasteiger partial charge < -0.3 is 5.11 Å². The van der Waals surface area contributed by atoms with E-state index in [0.717, 1.165) is 18.8 Å². The van der Waals surface area contributed by atoms with Gasteiger partial charge in [-0.2, -0.15) is 0 Å². The fourth-order valence-electron chi connectivity index (χ4n) is 2.00. The Bertz CT molecular complexity index is 173. The van der Waals surface area contributed by atoms with Crippen LogP contribution in [0.4, 0.5) is 0 Å². The Morgan fingerprint density at radius 3 is 2.00 bits per heavy atom. The minimum Gasteiger partial charge on any atom is -0.481 e. The molecular weight excluding hydrogens is 188 g/mol. The van der Waals surface area contributed by atoms with Crippen molar-refractivity contribution in [3.05, 3.63) is 0 Å². The third-order valence-electron chi connectivity index (χ3n) is 3.20. The van der Waals surface area contributed by atoms with Crippen LogP contribution >= 0.6 is 0 Å². The van der Waals surface area contributed by atoms with E-state index in [0.29, 0.717) is 6.42 Å². The monoisotopic (exact) mass is 212 g/mol. The van der Waals surface area contributed by atoms with Crippen molar-refractivity contribution in [1.29, 1.82) is 0 Å². The Kier molecular flexibility index (Phi) is 6.45. The average molecular weight is 212 g/mol. The van der Waals surface area contributed by atoms with Gasteiger partial charge in [-0.15, -0.1) is 0 Å². The first-order valence-corrected chi connectivity index (χ1v) is 6.51. The molecule has 0 heterocycles. The highest BCUT2D eigenvalue weighted by atomic mass is 16.4. The number of aliphatic carboxylic acids is 1. The summed E-state index contributed by atoms with van der Waals surface area (Å²) in [7, 11) is 0. The summed E-state index contributed by atoms with van der Waals surface area (Å²) in [6.45, 7) is 0. The quantitative estimate of drug-likeness (QED) is 0.556. The molecule has 1 rings (SSSR count). The maximum atomic E-state index is 10.2. The van der Waals surface area contributed by atoms with Crippen LogP contribution in [0.25, 0.3) is 0 Å². The SMILES string of the molecule is O=C(O)CCCCCCCCCC1CC1. The number of rotatable bonds is 10. The molecule has 1 aliphatic carbocycles. The van der Waals surface area contributed by atoms with Gasteiger partial charge in [0.2, 0.25) is 0 Å². The molecule has 2 heteroatoms. The number of unbranched alkanes of at least 4 members (excludes halogenated alkanes) is 6. The molecule has 0 aliphatic heterocycles. The van der Waals surface area contributed by atoms with Crippen molar-refractivity contribution < 1.29 is 9.90 Å². The summed E-state index contributed by atoms with van der Waals surface area (Å²) < 4.78 is 0. The van der Waals surface area contributed by atoms with Crippen LogP contribution in [0.1, 0.15) is 70.6 Å². The molecule has 0 aromatic heterocycles. The summed E-state index contributed by atoms with van der Waals surface area (Å²) >= 11 is 0. The molecule has 0 aromatic carbocycles. The zero-order valence-corrected chi connectivity index (χ0v) is 9.71. The molecule has 0 radical (unpaired) electrons. The maximum absolute atomic E-state index is 10.2. The lowest BCUT2D eigenvalue weighted by molar-refractivity contribution is -0.137. The van der Waals surface area contributed by atoms with Gasteiger partial charge in [-0.1, -0.05) is 57.8 Å².